The number of hydrogen-bond acceptors (Lipinski definition) is 3. The molecule has 0 aliphatic carbocycles. The number of carbonyl (C=O) groups is 1. The predicted molar refractivity (Wildman–Crippen MR) is 117 cm³/mol. The van der Waals surface area contributed by atoms with Gasteiger partial charge in [0.05, 0.1) is 17.8 Å². The molecule has 0 spiro atoms. The van der Waals surface area contributed by atoms with Crippen molar-refractivity contribution in [2.45, 2.75) is 64.3 Å². The van der Waals surface area contributed by atoms with Crippen LogP contribution in [0.4, 0.5) is 0 Å². The van der Waals surface area contributed by atoms with Crippen molar-refractivity contribution in [2.75, 3.05) is 0 Å². The summed E-state index contributed by atoms with van der Waals surface area (Å²) in [5.74, 6) is 0.563. The average molecular weight is 429 g/mol. The normalized spacial score (nSPS) is 27.1. The van der Waals surface area contributed by atoms with Gasteiger partial charge in [-0.15, -0.1) is 0 Å². The summed E-state index contributed by atoms with van der Waals surface area (Å²) >= 11 is 6.30. The summed E-state index contributed by atoms with van der Waals surface area (Å²) < 4.78 is 13.1. The highest BCUT2D eigenvalue weighted by Gasteiger charge is 2.50. The summed E-state index contributed by atoms with van der Waals surface area (Å²) in [7, 11) is 0. The predicted octanol–water partition coefficient (Wildman–Crippen LogP) is 6.49. The Morgan fingerprint density at radius 3 is 2.67 bits per heavy atom. The van der Waals surface area contributed by atoms with Crippen LogP contribution in [-0.2, 0) is 4.74 Å². The van der Waals surface area contributed by atoms with Crippen molar-refractivity contribution in [3.63, 3.8) is 0 Å². The second kappa shape index (κ2) is 7.90. The summed E-state index contributed by atoms with van der Waals surface area (Å²) in [6, 6.07) is 13.1. The third-order valence-electron chi connectivity index (χ3n) is 6.45. The van der Waals surface area contributed by atoms with Crippen LogP contribution in [0.25, 0.3) is 0 Å². The Kier molecular flexibility index (Phi) is 5.58. The molecule has 1 saturated heterocycles. The third kappa shape index (κ3) is 3.95. The third-order valence-corrected chi connectivity index (χ3v) is 6.69. The second-order valence-electron chi connectivity index (χ2n) is 9.49. The topological polar surface area (TPSA) is 55.8 Å². The maximum absolute atomic E-state index is 11.6. The molecule has 0 amide bonds. The number of ether oxygens (including phenoxy) is 2. The van der Waals surface area contributed by atoms with Gasteiger partial charge in [0.15, 0.2) is 0 Å². The second-order valence-corrected chi connectivity index (χ2v) is 9.93. The maximum atomic E-state index is 11.6. The van der Waals surface area contributed by atoms with E-state index in [-0.39, 0.29) is 29.6 Å². The van der Waals surface area contributed by atoms with Crippen molar-refractivity contribution in [1.82, 2.24) is 0 Å². The number of halogens is 1. The number of benzene rings is 2. The molecule has 0 radical (unpaired) electrons. The summed E-state index contributed by atoms with van der Waals surface area (Å²) in [6.07, 6.45) is 1.66. The molecule has 5 heteroatoms. The van der Waals surface area contributed by atoms with Crippen LogP contribution in [0.1, 0.15) is 74.0 Å². The van der Waals surface area contributed by atoms with E-state index in [0.717, 1.165) is 29.2 Å². The lowest BCUT2D eigenvalue weighted by atomic mass is 9.69. The Balaban J connectivity index is 1.77. The molecule has 2 aliphatic rings. The van der Waals surface area contributed by atoms with Crippen LogP contribution >= 0.6 is 11.6 Å². The van der Waals surface area contributed by atoms with E-state index in [1.165, 1.54) is 5.56 Å². The van der Waals surface area contributed by atoms with Gasteiger partial charge in [-0.05, 0) is 68.5 Å². The van der Waals surface area contributed by atoms with Gasteiger partial charge in [0.2, 0.25) is 0 Å². The number of fused-ring (bicyclic) bond motifs is 3. The molecule has 4 rings (SSSR count). The molecule has 2 aliphatic heterocycles. The number of aromatic carboxylic acids is 1. The molecule has 1 N–H and O–H groups in total. The molecule has 2 aromatic rings. The Morgan fingerprint density at radius 1 is 1.23 bits per heavy atom. The highest BCUT2D eigenvalue weighted by Crippen LogP contribution is 2.54. The zero-order valence-electron chi connectivity index (χ0n) is 17.9. The largest absolute Gasteiger partial charge is 0.487 e. The van der Waals surface area contributed by atoms with Crippen LogP contribution in [0.5, 0.6) is 5.75 Å². The van der Waals surface area contributed by atoms with E-state index in [1.807, 2.05) is 18.2 Å². The van der Waals surface area contributed by atoms with Crippen LogP contribution in [-0.4, -0.2) is 22.8 Å². The molecule has 4 atom stereocenters. The summed E-state index contributed by atoms with van der Waals surface area (Å²) in [6.45, 7) is 8.60. The molecule has 0 aromatic heterocycles. The van der Waals surface area contributed by atoms with Crippen LogP contribution in [0.15, 0.2) is 42.5 Å². The van der Waals surface area contributed by atoms with Crippen molar-refractivity contribution < 1.29 is 19.4 Å². The van der Waals surface area contributed by atoms with Crippen molar-refractivity contribution in [3.8, 4) is 5.75 Å². The first-order valence-corrected chi connectivity index (χ1v) is 11.0. The van der Waals surface area contributed by atoms with Crippen LogP contribution in [0, 0.1) is 11.8 Å². The van der Waals surface area contributed by atoms with Gasteiger partial charge < -0.3 is 14.6 Å². The van der Waals surface area contributed by atoms with E-state index in [0.29, 0.717) is 5.92 Å². The quantitative estimate of drug-likeness (QED) is 0.605. The first-order chi connectivity index (χ1) is 14.2. The molecule has 1 fully saturated rings. The van der Waals surface area contributed by atoms with Gasteiger partial charge in [-0.1, -0.05) is 37.6 Å². The number of carboxylic acids is 1. The summed E-state index contributed by atoms with van der Waals surface area (Å²) in [5.41, 5.74) is 1.86. The molecule has 0 bridgehead atoms. The van der Waals surface area contributed by atoms with Crippen LogP contribution in [0.3, 0.4) is 0 Å². The monoisotopic (exact) mass is 428 g/mol. The van der Waals surface area contributed by atoms with Crippen LogP contribution < -0.4 is 4.74 Å². The molecule has 2 heterocycles. The van der Waals surface area contributed by atoms with Gasteiger partial charge in [0.25, 0.3) is 0 Å². The van der Waals surface area contributed by atoms with E-state index in [4.69, 9.17) is 21.1 Å². The van der Waals surface area contributed by atoms with Gasteiger partial charge in [0.1, 0.15) is 11.4 Å². The molecule has 0 saturated carbocycles. The fraction of sp³-hybridized carbons (Fsp3) is 0.480. The van der Waals surface area contributed by atoms with Crippen molar-refractivity contribution in [2.24, 2.45) is 11.8 Å². The maximum Gasteiger partial charge on any atom is 0.335 e. The zero-order valence-corrected chi connectivity index (χ0v) is 18.6. The number of carboxylic acid groups (broad SMARTS) is 1. The lowest BCUT2D eigenvalue weighted by Crippen LogP contribution is -2.50. The molecular weight excluding hydrogens is 400 g/mol. The van der Waals surface area contributed by atoms with Gasteiger partial charge in [-0.25, -0.2) is 4.79 Å². The van der Waals surface area contributed by atoms with Crippen molar-refractivity contribution in [1.29, 1.82) is 0 Å². The van der Waals surface area contributed by atoms with E-state index < -0.39 is 11.6 Å². The Hall–Kier alpha value is -2.04. The molecular formula is C25H29ClO4. The molecule has 30 heavy (non-hydrogen) atoms. The van der Waals surface area contributed by atoms with E-state index in [2.05, 4.69) is 33.8 Å². The van der Waals surface area contributed by atoms with Crippen molar-refractivity contribution >= 4 is 17.6 Å². The molecule has 0 unspecified atom stereocenters. The fourth-order valence-electron chi connectivity index (χ4n) is 4.99. The molecule has 160 valence electrons. The SMILES string of the molecule is CC(C)C[C@H]1O[C@@H]2c3cc(C(=O)O)ccc3OC(C)(C)[C@H]2C[C@@H]1c1cccc(Cl)c1. The first-order valence-electron chi connectivity index (χ1n) is 10.6. The van der Waals surface area contributed by atoms with E-state index >= 15 is 0 Å². The smallest absolute Gasteiger partial charge is 0.335 e. The average Bonchev–Trinajstić information content (AvgIpc) is 2.66. The molecule has 2 aromatic carbocycles. The lowest BCUT2D eigenvalue weighted by molar-refractivity contribution is -0.162. The fourth-order valence-corrected chi connectivity index (χ4v) is 5.19. The lowest BCUT2D eigenvalue weighted by Gasteiger charge is -2.51. The Morgan fingerprint density at radius 2 is 2.00 bits per heavy atom. The van der Waals surface area contributed by atoms with Gasteiger partial charge >= 0.3 is 5.97 Å². The van der Waals surface area contributed by atoms with Crippen LogP contribution in [0.2, 0.25) is 5.02 Å². The number of rotatable bonds is 4. The minimum Gasteiger partial charge on any atom is -0.487 e. The standard InChI is InChI=1S/C25H29ClO4/c1-14(2)10-22-18(15-6-5-7-17(26)11-15)13-20-23(29-22)19-12-16(24(27)28)8-9-21(19)30-25(20,3)4/h5-9,11-12,14,18,20,22-23H,10,13H2,1-4H3,(H,27,28)/t18-,20+,22-,23-/m1/s1. The van der Waals surface area contributed by atoms with Crippen molar-refractivity contribution in [3.05, 3.63) is 64.2 Å². The van der Waals surface area contributed by atoms with Gasteiger partial charge in [-0.2, -0.15) is 0 Å². The van der Waals surface area contributed by atoms with E-state index in [1.54, 1.807) is 18.2 Å². The van der Waals surface area contributed by atoms with Gasteiger partial charge in [0, 0.05) is 22.4 Å². The minimum atomic E-state index is -0.939. The zero-order chi connectivity index (χ0) is 21.6. The minimum absolute atomic E-state index is 0.0277. The Bertz CT molecular complexity index is 952. The first kappa shape index (κ1) is 21.2. The highest BCUT2D eigenvalue weighted by molar-refractivity contribution is 6.30. The summed E-state index contributed by atoms with van der Waals surface area (Å²) in [5, 5.41) is 10.2. The Labute approximate surface area is 183 Å². The molecule has 4 nitrogen and oxygen atoms in total. The highest BCUT2D eigenvalue weighted by atomic mass is 35.5. The summed E-state index contributed by atoms with van der Waals surface area (Å²) in [4.78, 5) is 11.6. The van der Waals surface area contributed by atoms with E-state index in [9.17, 15) is 9.90 Å². The van der Waals surface area contributed by atoms with Gasteiger partial charge in [-0.3, -0.25) is 0 Å². The number of hydrogen-bond donors (Lipinski definition) is 1.